The Kier molecular flexibility index (Phi) is 8.59. The average molecular weight is 343 g/mol. The lowest BCUT2D eigenvalue weighted by Gasteiger charge is -2.18. The van der Waals surface area contributed by atoms with E-state index in [1.807, 2.05) is 0 Å². The Labute approximate surface area is 141 Å². The number of hydrogen-bond acceptors (Lipinski definition) is 6. The number of esters is 2. The minimum atomic E-state index is -0.922. The third kappa shape index (κ3) is 6.84. The Hall–Kier alpha value is -2.32. The van der Waals surface area contributed by atoms with E-state index in [2.05, 4.69) is 20.1 Å². The van der Waals surface area contributed by atoms with Crippen LogP contribution in [-0.2, 0) is 23.9 Å². The van der Waals surface area contributed by atoms with Gasteiger partial charge in [-0.15, -0.1) is 0 Å². The van der Waals surface area contributed by atoms with Crippen LogP contribution in [-0.4, -0.2) is 68.7 Å². The first-order valence-corrected chi connectivity index (χ1v) is 7.94. The third-order valence-electron chi connectivity index (χ3n) is 3.72. The SMILES string of the molecule is COC(=O)CC[C@H](NC(=O)NCCCN1CCCC1=O)C(=O)OC. The number of nitrogens with one attached hydrogen (secondary N) is 2. The molecule has 0 spiro atoms. The third-order valence-corrected chi connectivity index (χ3v) is 3.72. The zero-order valence-electron chi connectivity index (χ0n) is 14.1. The van der Waals surface area contributed by atoms with Gasteiger partial charge in [-0.3, -0.25) is 9.59 Å². The van der Waals surface area contributed by atoms with Gasteiger partial charge in [0.1, 0.15) is 6.04 Å². The van der Waals surface area contributed by atoms with Crippen molar-refractivity contribution >= 4 is 23.9 Å². The van der Waals surface area contributed by atoms with E-state index in [0.29, 0.717) is 25.9 Å². The molecule has 9 heteroatoms. The highest BCUT2D eigenvalue weighted by atomic mass is 16.5. The van der Waals surface area contributed by atoms with Gasteiger partial charge >= 0.3 is 18.0 Å². The number of amides is 3. The largest absolute Gasteiger partial charge is 0.469 e. The lowest BCUT2D eigenvalue weighted by Crippen LogP contribution is -2.47. The summed E-state index contributed by atoms with van der Waals surface area (Å²) in [5.74, 6) is -0.953. The summed E-state index contributed by atoms with van der Waals surface area (Å²) >= 11 is 0. The predicted octanol–water partition coefficient (Wildman–Crippen LogP) is -0.207. The molecule has 0 saturated carbocycles. The molecule has 1 aliphatic rings. The fraction of sp³-hybridized carbons (Fsp3) is 0.733. The van der Waals surface area contributed by atoms with Crippen molar-refractivity contribution in [1.82, 2.24) is 15.5 Å². The zero-order valence-corrected chi connectivity index (χ0v) is 14.1. The van der Waals surface area contributed by atoms with Crippen molar-refractivity contribution in [2.24, 2.45) is 0 Å². The van der Waals surface area contributed by atoms with Gasteiger partial charge in [0, 0.05) is 32.5 Å². The van der Waals surface area contributed by atoms with Crippen molar-refractivity contribution in [1.29, 1.82) is 0 Å². The quantitative estimate of drug-likeness (QED) is 0.442. The standard InChI is InChI=1S/C15H25N3O6/c1-23-13(20)7-6-11(14(21)24-2)17-15(22)16-8-4-10-18-9-3-5-12(18)19/h11H,3-10H2,1-2H3,(H2,16,17,22)/t11-/m0/s1. The van der Waals surface area contributed by atoms with E-state index in [1.54, 1.807) is 4.90 Å². The highest BCUT2D eigenvalue weighted by molar-refractivity contribution is 5.84. The molecule has 0 aromatic rings. The minimum Gasteiger partial charge on any atom is -0.469 e. The molecule has 1 atom stereocenters. The monoisotopic (exact) mass is 343 g/mol. The van der Waals surface area contributed by atoms with Crippen molar-refractivity contribution in [2.45, 2.75) is 38.1 Å². The molecule has 1 fully saturated rings. The molecule has 2 N–H and O–H groups in total. The number of ether oxygens (including phenoxy) is 2. The average Bonchev–Trinajstić information content (AvgIpc) is 2.99. The molecule has 3 amide bonds. The highest BCUT2D eigenvalue weighted by Crippen LogP contribution is 2.09. The van der Waals surface area contributed by atoms with Gasteiger partial charge in [0.15, 0.2) is 0 Å². The maximum atomic E-state index is 11.8. The van der Waals surface area contributed by atoms with Crippen LogP contribution in [0.25, 0.3) is 0 Å². The van der Waals surface area contributed by atoms with Gasteiger partial charge in [0.25, 0.3) is 0 Å². The Balaban J connectivity index is 2.28. The lowest BCUT2D eigenvalue weighted by molar-refractivity contribution is -0.144. The maximum absolute atomic E-state index is 11.8. The molecule has 0 aliphatic carbocycles. The summed E-state index contributed by atoms with van der Waals surface area (Å²) in [6.45, 7) is 1.74. The Morgan fingerprint density at radius 2 is 2.00 bits per heavy atom. The second kappa shape index (κ2) is 10.5. The summed E-state index contributed by atoms with van der Waals surface area (Å²) in [7, 11) is 2.46. The van der Waals surface area contributed by atoms with Crippen LogP contribution in [0, 0.1) is 0 Å². The Morgan fingerprint density at radius 1 is 1.25 bits per heavy atom. The molecule has 1 rings (SSSR count). The number of carbonyl (C=O) groups excluding carboxylic acids is 4. The van der Waals surface area contributed by atoms with E-state index in [-0.39, 0.29) is 18.7 Å². The first-order chi connectivity index (χ1) is 11.5. The van der Waals surface area contributed by atoms with Crippen LogP contribution in [0.1, 0.15) is 32.1 Å². The van der Waals surface area contributed by atoms with Crippen LogP contribution in [0.2, 0.25) is 0 Å². The summed E-state index contributed by atoms with van der Waals surface area (Å²) < 4.78 is 9.11. The first kappa shape index (κ1) is 19.7. The lowest BCUT2D eigenvalue weighted by atomic mass is 10.1. The van der Waals surface area contributed by atoms with Gasteiger partial charge in [-0.25, -0.2) is 9.59 Å². The van der Waals surface area contributed by atoms with Crippen molar-refractivity contribution in [3.05, 3.63) is 0 Å². The van der Waals surface area contributed by atoms with Crippen LogP contribution in [0.5, 0.6) is 0 Å². The minimum absolute atomic E-state index is 0.00633. The van der Waals surface area contributed by atoms with Crippen molar-refractivity contribution in [2.75, 3.05) is 33.9 Å². The van der Waals surface area contributed by atoms with Crippen molar-refractivity contribution in [3.63, 3.8) is 0 Å². The highest BCUT2D eigenvalue weighted by Gasteiger charge is 2.23. The number of likely N-dealkylation sites (tertiary alicyclic amines) is 1. The van der Waals surface area contributed by atoms with E-state index >= 15 is 0 Å². The van der Waals surface area contributed by atoms with Gasteiger partial charge in [-0.1, -0.05) is 0 Å². The van der Waals surface area contributed by atoms with E-state index < -0.39 is 24.0 Å². The molecule has 0 bridgehead atoms. The Bertz CT molecular complexity index is 468. The number of nitrogens with zero attached hydrogens (tertiary/aromatic N) is 1. The van der Waals surface area contributed by atoms with Crippen molar-refractivity contribution in [3.8, 4) is 0 Å². The molecule has 24 heavy (non-hydrogen) atoms. The first-order valence-electron chi connectivity index (χ1n) is 7.94. The molecule has 1 heterocycles. The summed E-state index contributed by atoms with van der Waals surface area (Å²) in [5, 5.41) is 5.09. The van der Waals surface area contributed by atoms with E-state index in [4.69, 9.17) is 0 Å². The molecule has 136 valence electrons. The number of rotatable bonds is 9. The van der Waals surface area contributed by atoms with E-state index in [1.165, 1.54) is 14.2 Å². The molecule has 1 aliphatic heterocycles. The maximum Gasteiger partial charge on any atom is 0.328 e. The van der Waals surface area contributed by atoms with Gasteiger partial charge in [-0.2, -0.15) is 0 Å². The summed E-state index contributed by atoms with van der Waals surface area (Å²) in [6, 6.07) is -1.45. The van der Waals surface area contributed by atoms with Gasteiger partial charge in [0.05, 0.1) is 14.2 Å². The second-order valence-electron chi connectivity index (χ2n) is 5.43. The fourth-order valence-corrected chi connectivity index (χ4v) is 2.38. The molecule has 0 aromatic heterocycles. The zero-order chi connectivity index (χ0) is 17.9. The normalized spacial score (nSPS) is 14.9. The molecule has 1 saturated heterocycles. The van der Waals surface area contributed by atoms with E-state index in [0.717, 1.165) is 13.0 Å². The van der Waals surface area contributed by atoms with Crippen LogP contribution < -0.4 is 10.6 Å². The number of hydrogen-bond donors (Lipinski definition) is 2. The number of carbonyl (C=O) groups is 4. The summed E-state index contributed by atoms with van der Waals surface area (Å²) in [4.78, 5) is 47.8. The van der Waals surface area contributed by atoms with Crippen LogP contribution in [0.3, 0.4) is 0 Å². The Morgan fingerprint density at radius 3 is 2.58 bits per heavy atom. The van der Waals surface area contributed by atoms with Gasteiger partial charge in [-0.05, 0) is 19.3 Å². The van der Waals surface area contributed by atoms with E-state index in [9.17, 15) is 19.2 Å². The molecule has 9 nitrogen and oxygen atoms in total. The van der Waals surface area contributed by atoms with Crippen LogP contribution in [0.15, 0.2) is 0 Å². The molecular formula is C15H25N3O6. The summed E-state index contributed by atoms with van der Waals surface area (Å²) in [5.41, 5.74) is 0. The molecule has 0 aromatic carbocycles. The number of urea groups is 1. The van der Waals surface area contributed by atoms with Gasteiger partial charge < -0.3 is 25.0 Å². The predicted molar refractivity (Wildman–Crippen MR) is 84.0 cm³/mol. The molecule has 0 radical (unpaired) electrons. The summed E-state index contributed by atoms with van der Waals surface area (Å²) in [6.07, 6.45) is 2.19. The van der Waals surface area contributed by atoms with Gasteiger partial charge in [0.2, 0.25) is 5.91 Å². The van der Waals surface area contributed by atoms with Crippen molar-refractivity contribution < 1.29 is 28.7 Å². The van der Waals surface area contributed by atoms with Crippen LogP contribution in [0.4, 0.5) is 4.79 Å². The smallest absolute Gasteiger partial charge is 0.328 e. The second-order valence-corrected chi connectivity index (χ2v) is 5.43. The molecular weight excluding hydrogens is 318 g/mol. The number of methoxy groups -OCH3 is 2. The topological polar surface area (TPSA) is 114 Å². The fourth-order valence-electron chi connectivity index (χ4n) is 2.38. The van der Waals surface area contributed by atoms with Crippen LogP contribution >= 0.6 is 0 Å². The molecule has 0 unspecified atom stereocenters.